The van der Waals surface area contributed by atoms with E-state index >= 15 is 0 Å². The minimum absolute atomic E-state index is 0.100. The average molecular weight is 367 g/mol. The summed E-state index contributed by atoms with van der Waals surface area (Å²) in [7, 11) is 1.91. The minimum Gasteiger partial charge on any atom is -0.351 e. The smallest absolute Gasteiger partial charge is 0.255 e. The van der Waals surface area contributed by atoms with Crippen LogP contribution in [0.2, 0.25) is 0 Å². The van der Waals surface area contributed by atoms with Crippen molar-refractivity contribution in [2.75, 3.05) is 25.0 Å². The Morgan fingerprint density at radius 2 is 1.85 bits per heavy atom. The topological polar surface area (TPSA) is 52.7 Å². The highest BCUT2D eigenvalue weighted by Gasteiger charge is 2.44. The Bertz CT molecular complexity index is 876. The lowest BCUT2D eigenvalue weighted by Crippen LogP contribution is -2.67. The maximum Gasteiger partial charge on any atom is 0.255 e. The van der Waals surface area contributed by atoms with Crippen molar-refractivity contribution in [2.45, 2.75) is 24.9 Å². The number of carbonyl (C=O) groups is 2. The molecule has 2 aromatic carbocycles. The van der Waals surface area contributed by atoms with E-state index in [2.05, 4.69) is 5.32 Å². The molecule has 0 atom stereocenters. The molecule has 2 aliphatic rings. The number of nitrogens with one attached hydrogen (secondary N) is 1. The van der Waals surface area contributed by atoms with Crippen LogP contribution >= 0.6 is 0 Å². The third kappa shape index (κ3) is 3.16. The molecule has 2 aliphatic heterocycles. The molecule has 5 nitrogen and oxygen atoms in total. The minimum atomic E-state index is -0.536. The summed E-state index contributed by atoms with van der Waals surface area (Å²) in [5.74, 6) is -0.579. The summed E-state index contributed by atoms with van der Waals surface area (Å²) in [6.07, 6.45) is 1.65. The first-order chi connectivity index (χ1) is 13.0. The predicted octanol–water partition coefficient (Wildman–Crippen LogP) is 2.57. The first kappa shape index (κ1) is 17.5. The van der Waals surface area contributed by atoms with Gasteiger partial charge in [-0.1, -0.05) is 30.3 Å². The monoisotopic (exact) mass is 367 g/mol. The fourth-order valence-corrected chi connectivity index (χ4v) is 4.04. The molecule has 27 heavy (non-hydrogen) atoms. The fourth-order valence-electron chi connectivity index (χ4n) is 4.04. The molecule has 2 heterocycles. The zero-order valence-corrected chi connectivity index (χ0v) is 15.2. The van der Waals surface area contributed by atoms with Crippen LogP contribution in [-0.2, 0) is 11.2 Å². The van der Waals surface area contributed by atoms with Crippen molar-refractivity contribution < 1.29 is 14.0 Å². The number of benzene rings is 2. The van der Waals surface area contributed by atoms with Crippen LogP contribution in [0.5, 0.6) is 0 Å². The Labute approximate surface area is 157 Å². The van der Waals surface area contributed by atoms with Crippen molar-refractivity contribution in [1.82, 2.24) is 10.2 Å². The highest BCUT2D eigenvalue weighted by atomic mass is 19.1. The second-order valence-electron chi connectivity index (χ2n) is 7.25. The number of hydrogen-bond donors (Lipinski definition) is 1. The summed E-state index contributed by atoms with van der Waals surface area (Å²) in [4.78, 5) is 29.0. The molecule has 140 valence electrons. The normalized spacial score (nSPS) is 18.2. The summed E-state index contributed by atoms with van der Waals surface area (Å²) in [5.41, 5.74) is 1.54. The lowest BCUT2D eigenvalue weighted by atomic mass is 9.90. The van der Waals surface area contributed by atoms with E-state index in [-0.39, 0.29) is 11.8 Å². The quantitative estimate of drug-likeness (QED) is 0.888. The van der Waals surface area contributed by atoms with Crippen LogP contribution in [0.1, 0.15) is 28.8 Å². The molecule has 2 aromatic rings. The third-order valence-corrected chi connectivity index (χ3v) is 5.69. The molecule has 1 fully saturated rings. The number of nitrogens with zero attached hydrogens (tertiary/aromatic N) is 2. The van der Waals surface area contributed by atoms with Gasteiger partial charge in [0.05, 0.1) is 17.7 Å². The average Bonchev–Trinajstić information content (AvgIpc) is 2.67. The number of anilines is 1. The zero-order valence-electron chi connectivity index (χ0n) is 15.2. The van der Waals surface area contributed by atoms with Crippen molar-refractivity contribution in [3.63, 3.8) is 0 Å². The van der Waals surface area contributed by atoms with Gasteiger partial charge >= 0.3 is 0 Å². The summed E-state index contributed by atoms with van der Waals surface area (Å²) < 4.78 is 13.5. The predicted molar refractivity (Wildman–Crippen MR) is 101 cm³/mol. The lowest BCUT2D eigenvalue weighted by Gasteiger charge is -2.51. The van der Waals surface area contributed by atoms with Crippen LogP contribution in [0.25, 0.3) is 0 Å². The Morgan fingerprint density at radius 3 is 2.56 bits per heavy atom. The van der Waals surface area contributed by atoms with Crippen molar-refractivity contribution in [1.29, 1.82) is 0 Å². The van der Waals surface area contributed by atoms with Crippen LogP contribution in [0.3, 0.4) is 0 Å². The van der Waals surface area contributed by atoms with Gasteiger partial charge in [0.1, 0.15) is 11.5 Å². The fraction of sp³-hybridized carbons (Fsp3) is 0.333. The Balaban J connectivity index is 1.47. The number of halogens is 1. The van der Waals surface area contributed by atoms with Crippen LogP contribution in [0.4, 0.5) is 10.1 Å². The summed E-state index contributed by atoms with van der Waals surface area (Å²) >= 11 is 0. The van der Waals surface area contributed by atoms with E-state index in [1.165, 1.54) is 12.1 Å². The van der Waals surface area contributed by atoms with Gasteiger partial charge in [0, 0.05) is 33.0 Å². The number of likely N-dealkylation sites (tertiary alicyclic amines) is 1. The van der Waals surface area contributed by atoms with Gasteiger partial charge in [-0.05, 0) is 23.8 Å². The van der Waals surface area contributed by atoms with Crippen LogP contribution in [0, 0.1) is 5.82 Å². The van der Waals surface area contributed by atoms with E-state index in [0.29, 0.717) is 37.9 Å². The second kappa shape index (κ2) is 6.68. The molecule has 0 bridgehead atoms. The largest absolute Gasteiger partial charge is 0.351 e. The van der Waals surface area contributed by atoms with E-state index in [9.17, 15) is 14.0 Å². The Morgan fingerprint density at radius 1 is 1.15 bits per heavy atom. The van der Waals surface area contributed by atoms with E-state index in [1.807, 2.05) is 47.2 Å². The van der Waals surface area contributed by atoms with E-state index < -0.39 is 11.5 Å². The zero-order chi connectivity index (χ0) is 19.0. The SMILES string of the molecule is CN1c2ccc(F)cc2C(=O)NC12CCN(C(=O)Cc1ccccc1)CC2. The maximum atomic E-state index is 13.5. The van der Waals surface area contributed by atoms with Crippen LogP contribution in [0.15, 0.2) is 48.5 Å². The van der Waals surface area contributed by atoms with E-state index in [0.717, 1.165) is 11.3 Å². The Kier molecular flexibility index (Phi) is 4.34. The van der Waals surface area contributed by atoms with Crippen molar-refractivity contribution in [3.05, 3.63) is 65.5 Å². The molecule has 0 aromatic heterocycles. The standard InChI is InChI=1S/C21H22FN3O2/c1-24-18-8-7-16(22)14-17(18)20(27)23-21(24)9-11-25(12-10-21)19(26)13-15-5-3-2-4-6-15/h2-8,14H,9-13H2,1H3,(H,23,27). The third-order valence-electron chi connectivity index (χ3n) is 5.69. The molecule has 4 rings (SSSR count). The molecule has 1 saturated heterocycles. The first-order valence-electron chi connectivity index (χ1n) is 9.16. The number of carbonyl (C=O) groups excluding carboxylic acids is 2. The highest BCUT2D eigenvalue weighted by molar-refractivity contribution is 6.02. The molecular formula is C21H22FN3O2. The molecule has 0 saturated carbocycles. The summed E-state index contributed by atoms with van der Waals surface area (Å²) in [6, 6.07) is 14.0. The molecular weight excluding hydrogens is 345 g/mol. The number of amides is 2. The van der Waals surface area contributed by atoms with Gasteiger partial charge in [0.15, 0.2) is 0 Å². The summed E-state index contributed by atoms with van der Waals surface area (Å²) in [5, 5.41) is 3.06. The first-order valence-corrected chi connectivity index (χ1v) is 9.16. The highest BCUT2D eigenvalue weighted by Crippen LogP contribution is 2.36. The molecule has 2 amide bonds. The Hall–Kier alpha value is -2.89. The summed E-state index contributed by atoms with van der Waals surface area (Å²) in [6.45, 7) is 1.15. The van der Waals surface area contributed by atoms with Gasteiger partial charge in [0.25, 0.3) is 5.91 Å². The van der Waals surface area contributed by atoms with Crippen molar-refractivity contribution in [3.8, 4) is 0 Å². The van der Waals surface area contributed by atoms with Crippen LogP contribution < -0.4 is 10.2 Å². The molecule has 0 radical (unpaired) electrons. The molecule has 6 heteroatoms. The lowest BCUT2D eigenvalue weighted by molar-refractivity contribution is -0.132. The van der Waals surface area contributed by atoms with Gasteiger partial charge in [-0.25, -0.2) is 4.39 Å². The van der Waals surface area contributed by atoms with E-state index in [4.69, 9.17) is 0 Å². The van der Waals surface area contributed by atoms with Crippen LogP contribution in [-0.4, -0.2) is 42.5 Å². The van der Waals surface area contributed by atoms with E-state index in [1.54, 1.807) is 6.07 Å². The van der Waals surface area contributed by atoms with Crippen molar-refractivity contribution >= 4 is 17.5 Å². The van der Waals surface area contributed by atoms with Crippen molar-refractivity contribution in [2.24, 2.45) is 0 Å². The molecule has 1 spiro atoms. The number of fused-ring (bicyclic) bond motifs is 1. The number of hydrogen-bond acceptors (Lipinski definition) is 3. The number of piperidine rings is 1. The van der Waals surface area contributed by atoms with Gasteiger partial charge < -0.3 is 15.1 Å². The maximum absolute atomic E-state index is 13.5. The van der Waals surface area contributed by atoms with Gasteiger partial charge in [0.2, 0.25) is 5.91 Å². The molecule has 0 unspecified atom stereocenters. The number of rotatable bonds is 2. The van der Waals surface area contributed by atoms with Gasteiger partial charge in [-0.2, -0.15) is 0 Å². The molecule has 0 aliphatic carbocycles. The molecule has 1 N–H and O–H groups in total. The second-order valence-corrected chi connectivity index (χ2v) is 7.25. The van der Waals surface area contributed by atoms with Gasteiger partial charge in [-0.3, -0.25) is 9.59 Å². The van der Waals surface area contributed by atoms with Gasteiger partial charge in [-0.15, -0.1) is 0 Å².